The molecule has 5 nitrogen and oxygen atoms in total. The highest BCUT2D eigenvalue weighted by Gasteiger charge is 2.14. The van der Waals surface area contributed by atoms with Gasteiger partial charge in [0.25, 0.3) is 0 Å². The minimum absolute atomic E-state index is 0.138. The Morgan fingerprint density at radius 1 is 1.40 bits per heavy atom. The van der Waals surface area contributed by atoms with Gasteiger partial charge in [0.2, 0.25) is 5.91 Å². The zero-order valence-electron chi connectivity index (χ0n) is 12.0. The number of anilines is 1. The van der Waals surface area contributed by atoms with Crippen LogP contribution in [0.1, 0.15) is 28.9 Å². The topological polar surface area (TPSA) is 59.8 Å². The molecule has 0 fully saturated rings. The predicted molar refractivity (Wildman–Crippen MR) is 81.6 cm³/mol. The molecule has 108 valence electrons. The second kappa shape index (κ2) is 5.93. The average Bonchev–Trinajstić information content (AvgIpc) is 2.85. The van der Waals surface area contributed by atoms with Crippen LogP contribution >= 0.6 is 22.9 Å². The van der Waals surface area contributed by atoms with Crippen LogP contribution in [0.3, 0.4) is 0 Å². The van der Waals surface area contributed by atoms with Gasteiger partial charge >= 0.3 is 0 Å². The van der Waals surface area contributed by atoms with Crippen molar-refractivity contribution in [2.75, 3.05) is 5.32 Å². The second-order valence-electron chi connectivity index (χ2n) is 4.57. The van der Waals surface area contributed by atoms with Crippen molar-refractivity contribution in [3.05, 3.63) is 27.0 Å². The molecule has 0 bridgehead atoms. The Morgan fingerprint density at radius 3 is 2.60 bits per heavy atom. The minimum atomic E-state index is -0.149. The lowest BCUT2D eigenvalue weighted by molar-refractivity contribution is -0.116. The molecule has 0 aliphatic carbocycles. The first-order chi connectivity index (χ1) is 9.42. The lowest BCUT2D eigenvalue weighted by Gasteiger charge is -2.04. The van der Waals surface area contributed by atoms with Crippen molar-refractivity contribution in [3.63, 3.8) is 0 Å². The zero-order chi connectivity index (χ0) is 14.9. The Hall–Kier alpha value is -1.40. The van der Waals surface area contributed by atoms with Gasteiger partial charge in [0.05, 0.1) is 22.1 Å². The van der Waals surface area contributed by atoms with Gasteiger partial charge in [-0.2, -0.15) is 5.10 Å². The fourth-order valence-corrected chi connectivity index (χ4v) is 2.99. The molecule has 7 heteroatoms. The van der Waals surface area contributed by atoms with Crippen molar-refractivity contribution in [1.82, 2.24) is 14.8 Å². The largest absolute Gasteiger partial charge is 0.300 e. The van der Waals surface area contributed by atoms with Gasteiger partial charge in [-0.1, -0.05) is 18.5 Å². The van der Waals surface area contributed by atoms with E-state index in [-0.39, 0.29) is 12.5 Å². The molecule has 0 unspecified atom stereocenters. The molecular weight excluding hydrogens is 296 g/mol. The summed E-state index contributed by atoms with van der Waals surface area (Å²) in [6.07, 6.45) is 0.866. The molecule has 0 saturated heterocycles. The van der Waals surface area contributed by atoms with Crippen LogP contribution in [0.4, 0.5) is 5.13 Å². The number of rotatable bonds is 4. The van der Waals surface area contributed by atoms with E-state index in [1.165, 1.54) is 11.3 Å². The molecule has 1 amide bonds. The van der Waals surface area contributed by atoms with Gasteiger partial charge in [-0.25, -0.2) is 4.98 Å². The molecule has 2 heterocycles. The number of nitrogens with zero attached hydrogens (tertiary/aromatic N) is 3. The number of aromatic nitrogens is 3. The molecular formula is C13H17ClN4OS. The Morgan fingerprint density at radius 2 is 2.10 bits per heavy atom. The first kappa shape index (κ1) is 15.0. The number of halogens is 1. The first-order valence-corrected chi connectivity index (χ1v) is 7.57. The van der Waals surface area contributed by atoms with Crippen molar-refractivity contribution >= 4 is 34.0 Å². The van der Waals surface area contributed by atoms with E-state index in [1.54, 1.807) is 4.68 Å². The summed E-state index contributed by atoms with van der Waals surface area (Å²) in [4.78, 5) is 17.5. The lowest BCUT2D eigenvalue weighted by Crippen LogP contribution is -2.20. The molecule has 0 aliphatic rings. The van der Waals surface area contributed by atoms with Gasteiger partial charge in [0.15, 0.2) is 5.13 Å². The molecule has 0 saturated carbocycles. The Balaban J connectivity index is 2.06. The third-order valence-corrected chi connectivity index (χ3v) is 4.54. The molecule has 0 radical (unpaired) electrons. The molecule has 0 spiro atoms. The van der Waals surface area contributed by atoms with Crippen molar-refractivity contribution in [1.29, 1.82) is 0 Å². The number of amides is 1. The van der Waals surface area contributed by atoms with E-state index < -0.39 is 0 Å². The third kappa shape index (κ3) is 3.02. The van der Waals surface area contributed by atoms with E-state index in [1.807, 2.05) is 27.7 Å². The van der Waals surface area contributed by atoms with Crippen LogP contribution < -0.4 is 5.32 Å². The molecule has 2 aromatic rings. The maximum Gasteiger partial charge on any atom is 0.247 e. The van der Waals surface area contributed by atoms with Crippen LogP contribution in [0, 0.1) is 20.8 Å². The number of aryl methyl sites for hydroxylation is 3. The number of hydrogen-bond acceptors (Lipinski definition) is 4. The van der Waals surface area contributed by atoms with Gasteiger partial charge in [-0.05, 0) is 27.2 Å². The highest BCUT2D eigenvalue weighted by molar-refractivity contribution is 7.15. The minimum Gasteiger partial charge on any atom is -0.300 e. The summed E-state index contributed by atoms with van der Waals surface area (Å²) in [6.45, 7) is 7.86. The predicted octanol–water partition coefficient (Wildman–Crippen LogP) is 3.12. The maximum absolute atomic E-state index is 12.0. The fourth-order valence-electron chi connectivity index (χ4n) is 1.93. The summed E-state index contributed by atoms with van der Waals surface area (Å²) in [6, 6.07) is 0. The summed E-state index contributed by atoms with van der Waals surface area (Å²) < 4.78 is 1.61. The second-order valence-corrected chi connectivity index (χ2v) is 6.15. The van der Waals surface area contributed by atoms with E-state index >= 15 is 0 Å². The standard InChI is InChI=1S/C13H17ClN4OS/c1-5-10-9(4)20-13(15-10)16-11(19)6-18-8(3)12(14)7(2)17-18/h5-6H2,1-4H3,(H,15,16,19). The molecule has 0 aliphatic heterocycles. The summed E-state index contributed by atoms with van der Waals surface area (Å²) in [5.41, 5.74) is 2.55. The first-order valence-electron chi connectivity index (χ1n) is 6.38. The van der Waals surface area contributed by atoms with E-state index in [2.05, 4.69) is 15.4 Å². The number of carbonyl (C=O) groups is 1. The van der Waals surface area contributed by atoms with Crippen molar-refractivity contribution in [2.24, 2.45) is 0 Å². The molecule has 0 atom stereocenters. The van der Waals surface area contributed by atoms with Crippen molar-refractivity contribution < 1.29 is 4.79 Å². The third-order valence-electron chi connectivity index (χ3n) is 3.06. The highest BCUT2D eigenvalue weighted by atomic mass is 35.5. The van der Waals surface area contributed by atoms with Crippen molar-refractivity contribution in [2.45, 2.75) is 40.7 Å². The van der Waals surface area contributed by atoms with Gasteiger partial charge in [-0.15, -0.1) is 11.3 Å². The van der Waals surface area contributed by atoms with E-state index in [0.717, 1.165) is 28.4 Å². The van der Waals surface area contributed by atoms with Crippen LogP contribution in [0.25, 0.3) is 0 Å². The van der Waals surface area contributed by atoms with E-state index in [0.29, 0.717) is 10.2 Å². The number of nitrogens with one attached hydrogen (secondary N) is 1. The summed E-state index contributed by atoms with van der Waals surface area (Å²) >= 11 is 7.55. The van der Waals surface area contributed by atoms with Gasteiger partial charge in [0, 0.05) is 4.88 Å². The fraction of sp³-hybridized carbons (Fsp3) is 0.462. The van der Waals surface area contributed by atoms with Crippen LogP contribution in [0.15, 0.2) is 0 Å². The van der Waals surface area contributed by atoms with Crippen LogP contribution in [-0.4, -0.2) is 20.7 Å². The number of thiazole rings is 1. The normalized spacial score (nSPS) is 10.8. The molecule has 2 rings (SSSR count). The van der Waals surface area contributed by atoms with Crippen molar-refractivity contribution in [3.8, 4) is 0 Å². The smallest absolute Gasteiger partial charge is 0.247 e. The van der Waals surface area contributed by atoms with Crippen LogP contribution in [-0.2, 0) is 17.8 Å². The highest BCUT2D eigenvalue weighted by Crippen LogP contribution is 2.23. The Labute approximate surface area is 127 Å². The summed E-state index contributed by atoms with van der Waals surface area (Å²) in [5.74, 6) is -0.149. The average molecular weight is 313 g/mol. The van der Waals surface area contributed by atoms with Gasteiger partial charge < -0.3 is 5.32 Å². The van der Waals surface area contributed by atoms with Crippen LogP contribution in [0.2, 0.25) is 5.02 Å². The van der Waals surface area contributed by atoms with E-state index in [4.69, 9.17) is 11.6 Å². The van der Waals surface area contributed by atoms with Crippen LogP contribution in [0.5, 0.6) is 0 Å². The Kier molecular flexibility index (Phi) is 4.45. The molecule has 2 aromatic heterocycles. The summed E-state index contributed by atoms with van der Waals surface area (Å²) in [5, 5.41) is 8.29. The van der Waals surface area contributed by atoms with Gasteiger partial charge in [-0.3, -0.25) is 9.48 Å². The van der Waals surface area contributed by atoms with E-state index in [9.17, 15) is 4.79 Å². The monoisotopic (exact) mass is 312 g/mol. The molecule has 1 N–H and O–H groups in total. The number of carbonyl (C=O) groups excluding carboxylic acids is 1. The van der Waals surface area contributed by atoms with Gasteiger partial charge in [0.1, 0.15) is 6.54 Å². The quantitative estimate of drug-likeness (QED) is 0.943. The maximum atomic E-state index is 12.0. The molecule has 0 aromatic carbocycles. The number of hydrogen-bond donors (Lipinski definition) is 1. The summed E-state index contributed by atoms with van der Waals surface area (Å²) in [7, 11) is 0. The lowest BCUT2D eigenvalue weighted by atomic mass is 10.3. The Bertz CT molecular complexity index is 647. The SMILES string of the molecule is CCc1nc(NC(=O)Cn2nc(C)c(Cl)c2C)sc1C. The molecule has 20 heavy (non-hydrogen) atoms. The zero-order valence-corrected chi connectivity index (χ0v) is 13.5.